The third kappa shape index (κ3) is 2.10. The molecule has 1 aromatic rings. The van der Waals surface area contributed by atoms with Crippen LogP contribution in [-0.4, -0.2) is 11.6 Å². The third-order valence-corrected chi connectivity index (χ3v) is 1.09. The molecule has 0 atom stereocenters. The molecule has 0 bridgehead atoms. The van der Waals surface area contributed by atoms with Crippen LogP contribution in [0, 0.1) is 0 Å². The van der Waals surface area contributed by atoms with E-state index in [0.717, 1.165) is 0 Å². The predicted molar refractivity (Wildman–Crippen MR) is 32.5 cm³/mol. The maximum Gasteiger partial charge on any atom is 0.157 e. The van der Waals surface area contributed by atoms with Crippen molar-refractivity contribution in [2.75, 3.05) is 0 Å². The molecule has 0 unspecified atom stereocenters. The van der Waals surface area contributed by atoms with Gasteiger partial charge in [0.1, 0.15) is 0 Å². The van der Waals surface area contributed by atoms with E-state index in [9.17, 15) is 10.2 Å². The molecular formula is C7H6O4-2. The van der Waals surface area contributed by atoms with Crippen molar-refractivity contribution in [1.82, 2.24) is 0 Å². The van der Waals surface area contributed by atoms with E-state index in [2.05, 4.69) is 4.74 Å². The summed E-state index contributed by atoms with van der Waals surface area (Å²) in [5, 5.41) is 28.9. The lowest BCUT2D eigenvalue weighted by Crippen LogP contribution is -2.43. The molecule has 0 saturated heterocycles. The number of para-hydroxylation sites is 2. The monoisotopic (exact) mass is 154 g/mol. The van der Waals surface area contributed by atoms with Crippen LogP contribution in [0.5, 0.6) is 11.5 Å². The third-order valence-electron chi connectivity index (χ3n) is 1.09. The summed E-state index contributed by atoms with van der Waals surface area (Å²) >= 11 is 0. The second kappa shape index (κ2) is 3.23. The highest BCUT2D eigenvalue weighted by Crippen LogP contribution is 2.23. The van der Waals surface area contributed by atoms with E-state index in [1.807, 2.05) is 0 Å². The highest BCUT2D eigenvalue weighted by Gasteiger charge is 1.96. The minimum atomic E-state index is -2.40. The molecule has 60 valence electrons. The molecule has 11 heavy (non-hydrogen) atoms. The molecule has 0 aliphatic rings. The zero-order valence-electron chi connectivity index (χ0n) is 5.56. The Morgan fingerprint density at radius 3 is 2.45 bits per heavy atom. The quantitative estimate of drug-likeness (QED) is 0.541. The molecule has 0 amide bonds. The Hall–Kier alpha value is -1.26. The summed E-state index contributed by atoms with van der Waals surface area (Å²) in [5.41, 5.74) is 0. The van der Waals surface area contributed by atoms with Gasteiger partial charge in [0.05, 0.1) is 0 Å². The van der Waals surface area contributed by atoms with E-state index >= 15 is 0 Å². The molecule has 0 radical (unpaired) electrons. The van der Waals surface area contributed by atoms with Gasteiger partial charge in [0.15, 0.2) is 11.5 Å². The van der Waals surface area contributed by atoms with E-state index in [1.165, 1.54) is 12.1 Å². The van der Waals surface area contributed by atoms with Gasteiger partial charge in [-0.2, -0.15) is 0 Å². The van der Waals surface area contributed by atoms with Gasteiger partial charge in [-0.1, -0.05) is 18.6 Å². The lowest BCUT2D eigenvalue weighted by atomic mass is 10.3. The van der Waals surface area contributed by atoms with Crippen molar-refractivity contribution >= 4 is 0 Å². The SMILES string of the molecule is [O-]C([O-])Oc1ccccc1O. The van der Waals surface area contributed by atoms with E-state index in [0.29, 0.717) is 0 Å². The lowest BCUT2D eigenvalue weighted by Gasteiger charge is -2.29. The minimum Gasteiger partial charge on any atom is -0.835 e. The van der Waals surface area contributed by atoms with E-state index in [1.54, 1.807) is 12.1 Å². The van der Waals surface area contributed by atoms with Crippen molar-refractivity contribution in [2.24, 2.45) is 0 Å². The fraction of sp³-hybridized carbons (Fsp3) is 0.143. The van der Waals surface area contributed by atoms with E-state index in [-0.39, 0.29) is 11.5 Å². The Bertz CT molecular complexity index is 234. The Balaban J connectivity index is 2.78. The van der Waals surface area contributed by atoms with Crippen LogP contribution in [0.15, 0.2) is 24.3 Å². The van der Waals surface area contributed by atoms with Crippen LogP contribution in [0.3, 0.4) is 0 Å². The van der Waals surface area contributed by atoms with E-state index < -0.39 is 6.48 Å². The standard InChI is InChI=1S/C7H6O4/c8-5-3-1-2-4-6(5)11-7(9)10/h1-4,7-8H/q-2. The first kappa shape index (κ1) is 7.84. The van der Waals surface area contributed by atoms with Gasteiger partial charge in [0.25, 0.3) is 0 Å². The summed E-state index contributed by atoms with van der Waals surface area (Å²) in [5.74, 6) is -0.285. The van der Waals surface area contributed by atoms with Gasteiger partial charge in [-0.15, -0.1) is 0 Å². The molecule has 0 spiro atoms. The first-order chi connectivity index (χ1) is 5.20. The molecule has 1 N–H and O–H groups in total. The van der Waals surface area contributed by atoms with Crippen LogP contribution in [0.1, 0.15) is 0 Å². The van der Waals surface area contributed by atoms with Gasteiger partial charge in [0, 0.05) is 0 Å². The van der Waals surface area contributed by atoms with Gasteiger partial charge in [-0.25, -0.2) is 0 Å². The molecule has 0 aromatic heterocycles. The van der Waals surface area contributed by atoms with Gasteiger partial charge in [-0.3, -0.25) is 0 Å². The van der Waals surface area contributed by atoms with Crippen LogP contribution < -0.4 is 14.9 Å². The van der Waals surface area contributed by atoms with Crippen molar-refractivity contribution in [3.8, 4) is 11.5 Å². The summed E-state index contributed by atoms with van der Waals surface area (Å²) in [6, 6.07) is 5.79. The van der Waals surface area contributed by atoms with Crippen LogP contribution in [-0.2, 0) is 0 Å². The number of benzene rings is 1. The number of phenols is 1. The van der Waals surface area contributed by atoms with Gasteiger partial charge >= 0.3 is 0 Å². The van der Waals surface area contributed by atoms with Crippen LogP contribution in [0.4, 0.5) is 0 Å². The number of ether oxygens (including phenoxy) is 1. The highest BCUT2D eigenvalue weighted by molar-refractivity contribution is 5.37. The summed E-state index contributed by atoms with van der Waals surface area (Å²) < 4.78 is 4.18. The van der Waals surface area contributed by atoms with Crippen LogP contribution >= 0.6 is 0 Å². The molecule has 0 fully saturated rings. The summed E-state index contributed by atoms with van der Waals surface area (Å²) in [6.45, 7) is -2.40. The van der Waals surface area contributed by atoms with Crippen molar-refractivity contribution < 1.29 is 20.1 Å². The van der Waals surface area contributed by atoms with Crippen LogP contribution in [0.2, 0.25) is 0 Å². The predicted octanol–water partition coefficient (Wildman–Crippen LogP) is -1.22. The lowest BCUT2D eigenvalue weighted by molar-refractivity contribution is -0.705. The van der Waals surface area contributed by atoms with Crippen molar-refractivity contribution in [2.45, 2.75) is 6.48 Å². The molecule has 0 heterocycles. The largest absolute Gasteiger partial charge is 0.835 e. The van der Waals surface area contributed by atoms with Crippen molar-refractivity contribution in [1.29, 1.82) is 0 Å². The average molecular weight is 154 g/mol. The Kier molecular flexibility index (Phi) is 2.30. The second-order valence-electron chi connectivity index (χ2n) is 1.87. The smallest absolute Gasteiger partial charge is 0.157 e. The van der Waals surface area contributed by atoms with Gasteiger partial charge in [0.2, 0.25) is 0 Å². The minimum absolute atomic E-state index is 0.0810. The molecule has 4 nitrogen and oxygen atoms in total. The Labute approximate surface area is 63.3 Å². The Morgan fingerprint density at radius 1 is 1.27 bits per heavy atom. The first-order valence-electron chi connectivity index (χ1n) is 2.96. The number of hydrogen-bond acceptors (Lipinski definition) is 4. The summed E-state index contributed by atoms with van der Waals surface area (Å²) in [7, 11) is 0. The Morgan fingerprint density at radius 2 is 1.91 bits per heavy atom. The number of aromatic hydroxyl groups is 1. The molecular weight excluding hydrogens is 148 g/mol. The van der Waals surface area contributed by atoms with E-state index in [4.69, 9.17) is 5.11 Å². The maximum atomic E-state index is 9.96. The molecule has 0 aliphatic heterocycles. The molecule has 4 heteroatoms. The highest BCUT2D eigenvalue weighted by atomic mass is 16.7. The zero-order chi connectivity index (χ0) is 8.27. The van der Waals surface area contributed by atoms with Gasteiger partial charge in [-0.05, 0) is 12.1 Å². The summed E-state index contributed by atoms with van der Waals surface area (Å²) in [4.78, 5) is 0. The summed E-state index contributed by atoms with van der Waals surface area (Å²) in [6.07, 6.45) is 0. The molecule has 0 saturated carbocycles. The molecule has 1 aromatic carbocycles. The van der Waals surface area contributed by atoms with Crippen molar-refractivity contribution in [3.05, 3.63) is 24.3 Å². The number of phenolic OH excluding ortho intramolecular Hbond substituents is 1. The fourth-order valence-corrected chi connectivity index (χ4v) is 0.660. The molecule has 0 aliphatic carbocycles. The number of rotatable bonds is 2. The normalized spacial score (nSPS) is 10.1. The topological polar surface area (TPSA) is 75.6 Å². The first-order valence-corrected chi connectivity index (χ1v) is 2.96. The maximum absolute atomic E-state index is 9.96. The van der Waals surface area contributed by atoms with Crippen LogP contribution in [0.25, 0.3) is 0 Å². The van der Waals surface area contributed by atoms with Gasteiger partial charge < -0.3 is 20.1 Å². The zero-order valence-corrected chi connectivity index (χ0v) is 5.56. The average Bonchev–Trinajstić information content (AvgIpc) is 1.93. The fourth-order valence-electron chi connectivity index (χ4n) is 0.660. The number of hydrogen-bond donors (Lipinski definition) is 1. The second-order valence-corrected chi connectivity index (χ2v) is 1.87. The molecule has 1 rings (SSSR count). The van der Waals surface area contributed by atoms with Crippen molar-refractivity contribution in [3.63, 3.8) is 0 Å².